The molecule has 122 valence electrons. The number of aryl methyl sites for hydroxylation is 1. The predicted octanol–water partition coefficient (Wildman–Crippen LogP) is 2.60. The van der Waals surface area contributed by atoms with E-state index < -0.39 is 0 Å². The summed E-state index contributed by atoms with van der Waals surface area (Å²) in [5.41, 5.74) is 2.24. The monoisotopic (exact) mass is 332 g/mol. The molecule has 4 rings (SSSR count). The number of rotatable bonds is 3. The van der Waals surface area contributed by atoms with Crippen molar-refractivity contribution >= 4 is 22.2 Å². The maximum Gasteiger partial charge on any atom is 0.185 e. The zero-order valence-electron chi connectivity index (χ0n) is 13.3. The average molecular weight is 332 g/mol. The van der Waals surface area contributed by atoms with Crippen molar-refractivity contribution in [1.29, 1.82) is 0 Å². The molecule has 0 N–H and O–H groups in total. The van der Waals surface area contributed by atoms with Crippen LogP contribution in [0, 0.1) is 12.7 Å². The minimum Gasteiger partial charge on any atom is -0.369 e. The quantitative estimate of drug-likeness (QED) is 0.862. The van der Waals surface area contributed by atoms with Crippen molar-refractivity contribution in [3.8, 4) is 0 Å². The van der Waals surface area contributed by atoms with Gasteiger partial charge in [0.05, 0.1) is 5.69 Å². The van der Waals surface area contributed by atoms with Crippen LogP contribution in [0.15, 0.2) is 29.6 Å². The van der Waals surface area contributed by atoms with Gasteiger partial charge in [-0.2, -0.15) is 0 Å². The minimum atomic E-state index is -0.167. The summed E-state index contributed by atoms with van der Waals surface area (Å²) in [6, 6.07) is 7.49. The molecular weight excluding hydrogens is 311 g/mol. The lowest BCUT2D eigenvalue weighted by Gasteiger charge is -2.48. The number of halogens is 1. The Morgan fingerprint density at radius 1 is 1.04 bits per heavy atom. The van der Waals surface area contributed by atoms with Gasteiger partial charge in [-0.1, -0.05) is 0 Å². The van der Waals surface area contributed by atoms with Crippen LogP contribution in [-0.2, 0) is 0 Å². The largest absolute Gasteiger partial charge is 0.369 e. The second kappa shape index (κ2) is 6.09. The van der Waals surface area contributed by atoms with Gasteiger partial charge in [0, 0.05) is 56.4 Å². The third-order valence-corrected chi connectivity index (χ3v) is 5.78. The Bertz CT molecular complexity index is 657. The molecule has 0 atom stereocenters. The summed E-state index contributed by atoms with van der Waals surface area (Å²) in [5, 5.41) is 3.27. The number of hydrogen-bond donors (Lipinski definition) is 0. The first kappa shape index (κ1) is 14.9. The number of nitrogens with zero attached hydrogens (tertiary/aromatic N) is 4. The molecule has 2 aliphatic heterocycles. The normalized spacial score (nSPS) is 19.9. The number of thiazole rings is 1. The highest BCUT2D eigenvalue weighted by atomic mass is 32.1. The molecule has 2 aromatic rings. The topological polar surface area (TPSA) is 22.6 Å². The van der Waals surface area contributed by atoms with Crippen LogP contribution in [0.4, 0.5) is 15.2 Å². The molecule has 1 aromatic heterocycles. The van der Waals surface area contributed by atoms with E-state index in [1.165, 1.54) is 0 Å². The summed E-state index contributed by atoms with van der Waals surface area (Å²) in [6.45, 7) is 8.40. The zero-order chi connectivity index (χ0) is 15.8. The molecule has 1 aromatic carbocycles. The van der Waals surface area contributed by atoms with Gasteiger partial charge in [0.15, 0.2) is 5.13 Å². The predicted molar refractivity (Wildman–Crippen MR) is 93.0 cm³/mol. The molecule has 0 spiro atoms. The molecular formula is C17H21FN4S. The first-order valence-corrected chi connectivity index (χ1v) is 8.98. The zero-order valence-corrected chi connectivity index (χ0v) is 14.1. The summed E-state index contributed by atoms with van der Waals surface area (Å²) < 4.78 is 13.0. The first-order chi connectivity index (χ1) is 11.2. The van der Waals surface area contributed by atoms with Crippen molar-refractivity contribution in [3.63, 3.8) is 0 Å². The number of piperazine rings is 1. The molecule has 0 radical (unpaired) electrons. The fraction of sp³-hybridized carbons (Fsp3) is 0.471. The highest BCUT2D eigenvalue weighted by molar-refractivity contribution is 7.13. The first-order valence-electron chi connectivity index (χ1n) is 8.11. The van der Waals surface area contributed by atoms with Gasteiger partial charge in [0.1, 0.15) is 5.82 Å². The number of benzene rings is 1. The summed E-state index contributed by atoms with van der Waals surface area (Å²) in [7, 11) is 0. The number of anilines is 2. The van der Waals surface area contributed by atoms with Crippen molar-refractivity contribution in [1.82, 2.24) is 9.88 Å². The average Bonchev–Trinajstić information content (AvgIpc) is 2.94. The molecule has 0 amide bonds. The number of hydrogen-bond acceptors (Lipinski definition) is 5. The Labute approximate surface area is 140 Å². The molecule has 0 bridgehead atoms. The van der Waals surface area contributed by atoms with Crippen LogP contribution in [-0.4, -0.2) is 55.2 Å². The van der Waals surface area contributed by atoms with Crippen LogP contribution in [0.3, 0.4) is 0 Å². The molecule has 0 aliphatic carbocycles. The van der Waals surface area contributed by atoms with E-state index in [1.54, 1.807) is 23.5 Å². The maximum absolute atomic E-state index is 13.0. The lowest BCUT2D eigenvalue weighted by molar-refractivity contribution is 0.157. The smallest absolute Gasteiger partial charge is 0.185 e. The highest BCUT2D eigenvalue weighted by Gasteiger charge is 2.34. The molecule has 0 unspecified atom stereocenters. The fourth-order valence-corrected chi connectivity index (χ4v) is 4.15. The van der Waals surface area contributed by atoms with E-state index >= 15 is 0 Å². The van der Waals surface area contributed by atoms with E-state index in [0.717, 1.165) is 55.8 Å². The van der Waals surface area contributed by atoms with E-state index in [0.29, 0.717) is 6.04 Å². The summed E-state index contributed by atoms with van der Waals surface area (Å²) >= 11 is 1.74. The Balaban J connectivity index is 1.28. The van der Waals surface area contributed by atoms with Gasteiger partial charge in [-0.05, 0) is 31.2 Å². The second-order valence-electron chi connectivity index (χ2n) is 6.33. The van der Waals surface area contributed by atoms with Gasteiger partial charge in [0.25, 0.3) is 0 Å². The molecule has 4 nitrogen and oxygen atoms in total. The van der Waals surface area contributed by atoms with Crippen LogP contribution in [0.1, 0.15) is 5.69 Å². The molecule has 0 saturated carbocycles. The van der Waals surface area contributed by atoms with Crippen LogP contribution in [0.25, 0.3) is 0 Å². The third-order valence-electron chi connectivity index (χ3n) is 4.76. The Hall–Kier alpha value is -1.66. The molecule has 3 heterocycles. The van der Waals surface area contributed by atoms with Crippen LogP contribution < -0.4 is 9.80 Å². The fourth-order valence-electron chi connectivity index (χ4n) is 3.33. The van der Waals surface area contributed by atoms with Crippen LogP contribution in [0.2, 0.25) is 0 Å². The van der Waals surface area contributed by atoms with Crippen molar-refractivity contribution < 1.29 is 4.39 Å². The minimum absolute atomic E-state index is 0.167. The van der Waals surface area contributed by atoms with E-state index in [4.69, 9.17) is 0 Å². The number of aromatic nitrogens is 1. The second-order valence-corrected chi connectivity index (χ2v) is 7.17. The van der Waals surface area contributed by atoms with Gasteiger partial charge >= 0.3 is 0 Å². The lowest BCUT2D eigenvalue weighted by Crippen LogP contribution is -2.63. The maximum atomic E-state index is 13.0. The Kier molecular flexibility index (Phi) is 3.95. The Morgan fingerprint density at radius 2 is 1.74 bits per heavy atom. The van der Waals surface area contributed by atoms with E-state index in [9.17, 15) is 4.39 Å². The highest BCUT2D eigenvalue weighted by Crippen LogP contribution is 2.28. The third kappa shape index (κ3) is 3.05. The van der Waals surface area contributed by atoms with E-state index in [1.807, 2.05) is 19.1 Å². The van der Waals surface area contributed by atoms with Crippen molar-refractivity contribution in [2.24, 2.45) is 0 Å². The lowest BCUT2D eigenvalue weighted by atomic mass is 10.1. The SMILES string of the molecule is Cc1csc(N2CC(N3CCN(c4ccc(F)cc4)CC3)C2)n1. The Morgan fingerprint density at radius 3 is 2.35 bits per heavy atom. The van der Waals surface area contributed by atoms with E-state index in [2.05, 4.69) is 25.1 Å². The van der Waals surface area contributed by atoms with Crippen molar-refractivity contribution in [2.75, 3.05) is 49.1 Å². The summed E-state index contributed by atoms with van der Waals surface area (Å²) in [5.74, 6) is -0.167. The molecule has 2 saturated heterocycles. The van der Waals surface area contributed by atoms with Gasteiger partial charge in [-0.15, -0.1) is 11.3 Å². The van der Waals surface area contributed by atoms with Gasteiger partial charge in [-0.3, -0.25) is 4.90 Å². The van der Waals surface area contributed by atoms with Gasteiger partial charge in [0.2, 0.25) is 0 Å². The molecule has 2 fully saturated rings. The van der Waals surface area contributed by atoms with Gasteiger partial charge in [-0.25, -0.2) is 9.37 Å². The standard InChI is InChI=1S/C17H21FN4S/c1-13-12-23-17(19-13)22-10-16(11-22)21-8-6-20(7-9-21)15-4-2-14(18)3-5-15/h2-5,12,16H,6-11H2,1H3. The molecule has 2 aliphatic rings. The van der Waals surface area contributed by atoms with Crippen molar-refractivity contribution in [2.45, 2.75) is 13.0 Å². The van der Waals surface area contributed by atoms with Gasteiger partial charge < -0.3 is 9.80 Å². The van der Waals surface area contributed by atoms with Crippen LogP contribution in [0.5, 0.6) is 0 Å². The molecule has 23 heavy (non-hydrogen) atoms. The van der Waals surface area contributed by atoms with E-state index in [-0.39, 0.29) is 5.82 Å². The summed E-state index contributed by atoms with van der Waals surface area (Å²) in [6.07, 6.45) is 0. The molecule has 6 heteroatoms. The van der Waals surface area contributed by atoms with Crippen LogP contribution >= 0.6 is 11.3 Å². The summed E-state index contributed by atoms with van der Waals surface area (Å²) in [4.78, 5) is 11.9. The van der Waals surface area contributed by atoms with Crippen molar-refractivity contribution in [3.05, 3.63) is 41.2 Å².